The molecule has 2 aromatic carbocycles. The van der Waals surface area contributed by atoms with Crippen molar-refractivity contribution in [3.05, 3.63) is 59.2 Å². The third kappa shape index (κ3) is 4.68. The third-order valence-electron chi connectivity index (χ3n) is 3.35. The normalized spacial score (nSPS) is 12.6. The molecule has 2 rings (SSSR count). The zero-order chi connectivity index (χ0) is 16.8. The van der Waals surface area contributed by atoms with E-state index in [9.17, 15) is 4.21 Å². The van der Waals surface area contributed by atoms with Gasteiger partial charge < -0.3 is 8.92 Å². The number of benzene rings is 2. The molecule has 122 valence electrons. The number of hydrogen-bond acceptors (Lipinski definition) is 3. The van der Waals surface area contributed by atoms with E-state index in [0.717, 1.165) is 16.7 Å². The zero-order valence-electron chi connectivity index (χ0n) is 13.4. The highest BCUT2D eigenvalue weighted by Crippen LogP contribution is 2.37. The standard InChI is InChI=1S/C18H20O4S/c1-13(2)18-16(21-3)11-15(12-17(18)22-23(19)20)10-9-14-7-5-4-6-8-14/h4-13H,1-3H3,(H,19,20)/b10-9+. The number of hydrogen-bond donors (Lipinski definition) is 1. The van der Waals surface area contributed by atoms with Crippen LogP contribution >= 0.6 is 0 Å². The first-order valence-corrected chi connectivity index (χ1v) is 8.28. The SMILES string of the molecule is COc1cc(/C=C/c2ccccc2)cc(OS(=O)O)c1C(C)C. The quantitative estimate of drug-likeness (QED) is 0.625. The molecular weight excluding hydrogens is 312 g/mol. The summed E-state index contributed by atoms with van der Waals surface area (Å²) in [6.45, 7) is 3.95. The van der Waals surface area contributed by atoms with Gasteiger partial charge in [-0.15, -0.1) is 0 Å². The minimum Gasteiger partial charge on any atom is -0.496 e. The van der Waals surface area contributed by atoms with Crippen LogP contribution in [0.1, 0.15) is 36.5 Å². The van der Waals surface area contributed by atoms with Crippen LogP contribution in [-0.4, -0.2) is 15.9 Å². The molecule has 0 amide bonds. The topological polar surface area (TPSA) is 55.8 Å². The molecule has 4 nitrogen and oxygen atoms in total. The molecule has 0 aliphatic rings. The molecule has 0 bridgehead atoms. The molecule has 0 radical (unpaired) electrons. The van der Waals surface area contributed by atoms with E-state index in [1.54, 1.807) is 13.2 Å². The van der Waals surface area contributed by atoms with Crippen LogP contribution in [0, 0.1) is 0 Å². The van der Waals surface area contributed by atoms with Gasteiger partial charge in [0.25, 0.3) is 0 Å². The summed E-state index contributed by atoms with van der Waals surface area (Å²) in [5, 5.41) is 0. The smallest absolute Gasteiger partial charge is 0.357 e. The fourth-order valence-corrected chi connectivity index (χ4v) is 2.65. The summed E-state index contributed by atoms with van der Waals surface area (Å²) >= 11 is -2.38. The highest BCUT2D eigenvalue weighted by Gasteiger charge is 2.17. The van der Waals surface area contributed by atoms with E-state index in [1.807, 2.05) is 62.4 Å². The maximum Gasteiger partial charge on any atom is 0.357 e. The lowest BCUT2D eigenvalue weighted by atomic mass is 9.98. The summed E-state index contributed by atoms with van der Waals surface area (Å²) in [4.78, 5) is 0. The van der Waals surface area contributed by atoms with Crippen LogP contribution in [0.25, 0.3) is 12.2 Å². The lowest BCUT2D eigenvalue weighted by Crippen LogP contribution is -2.04. The van der Waals surface area contributed by atoms with Crippen molar-refractivity contribution in [2.75, 3.05) is 7.11 Å². The summed E-state index contributed by atoms with van der Waals surface area (Å²) < 4.78 is 30.6. The van der Waals surface area contributed by atoms with Crippen molar-refractivity contribution in [2.24, 2.45) is 0 Å². The Kier molecular flexibility index (Phi) is 5.96. The van der Waals surface area contributed by atoms with Crippen LogP contribution in [-0.2, 0) is 11.4 Å². The molecule has 0 fully saturated rings. The van der Waals surface area contributed by atoms with E-state index < -0.39 is 11.4 Å². The Morgan fingerprint density at radius 2 is 1.65 bits per heavy atom. The molecule has 0 heterocycles. The Bertz CT molecular complexity index is 708. The molecule has 0 spiro atoms. The fourth-order valence-electron chi connectivity index (χ4n) is 2.36. The third-order valence-corrected chi connectivity index (χ3v) is 3.67. The molecular formula is C18H20O4S. The van der Waals surface area contributed by atoms with Crippen LogP contribution in [0.15, 0.2) is 42.5 Å². The maximum atomic E-state index is 11.1. The van der Waals surface area contributed by atoms with Crippen LogP contribution in [0.3, 0.4) is 0 Å². The molecule has 2 aromatic rings. The largest absolute Gasteiger partial charge is 0.496 e. The first kappa shape index (κ1) is 17.2. The van der Waals surface area contributed by atoms with Gasteiger partial charge in [-0.3, -0.25) is 4.55 Å². The van der Waals surface area contributed by atoms with Crippen LogP contribution in [0.2, 0.25) is 0 Å². The van der Waals surface area contributed by atoms with E-state index in [4.69, 9.17) is 13.5 Å². The lowest BCUT2D eigenvalue weighted by Gasteiger charge is -2.16. The summed E-state index contributed by atoms with van der Waals surface area (Å²) in [6, 6.07) is 13.5. The van der Waals surface area contributed by atoms with E-state index >= 15 is 0 Å². The summed E-state index contributed by atoms with van der Waals surface area (Å²) in [7, 11) is 1.57. The number of ether oxygens (including phenoxy) is 1. The second-order valence-corrected chi connectivity index (χ2v) is 5.94. The van der Waals surface area contributed by atoms with E-state index in [-0.39, 0.29) is 5.92 Å². The van der Waals surface area contributed by atoms with E-state index in [1.165, 1.54) is 0 Å². The molecule has 1 atom stereocenters. The highest BCUT2D eigenvalue weighted by atomic mass is 32.2. The average molecular weight is 332 g/mol. The zero-order valence-corrected chi connectivity index (χ0v) is 14.2. The maximum absolute atomic E-state index is 11.1. The van der Waals surface area contributed by atoms with Crippen molar-refractivity contribution in [3.63, 3.8) is 0 Å². The molecule has 0 aliphatic heterocycles. The van der Waals surface area contributed by atoms with Crippen molar-refractivity contribution in [1.29, 1.82) is 0 Å². The minimum atomic E-state index is -2.38. The minimum absolute atomic E-state index is 0.0932. The molecule has 1 unspecified atom stereocenters. The van der Waals surface area contributed by atoms with Crippen molar-refractivity contribution in [2.45, 2.75) is 19.8 Å². The van der Waals surface area contributed by atoms with Gasteiger partial charge in [-0.2, -0.15) is 4.21 Å². The van der Waals surface area contributed by atoms with E-state index in [2.05, 4.69) is 0 Å². The Hall–Kier alpha value is -2.11. The number of methoxy groups -OCH3 is 1. The molecule has 0 aromatic heterocycles. The van der Waals surface area contributed by atoms with Gasteiger partial charge in [0.05, 0.1) is 7.11 Å². The number of rotatable bonds is 6. The van der Waals surface area contributed by atoms with Crippen molar-refractivity contribution >= 4 is 23.5 Å². The van der Waals surface area contributed by atoms with Crippen molar-refractivity contribution in [1.82, 2.24) is 0 Å². The Labute approximate surface area is 139 Å². The molecule has 0 saturated heterocycles. The van der Waals surface area contributed by atoms with Gasteiger partial charge in [0.2, 0.25) is 0 Å². The van der Waals surface area contributed by atoms with Crippen LogP contribution in [0.4, 0.5) is 0 Å². The van der Waals surface area contributed by atoms with Gasteiger partial charge in [-0.05, 0) is 29.2 Å². The van der Waals surface area contributed by atoms with Crippen LogP contribution < -0.4 is 8.92 Å². The second kappa shape index (κ2) is 7.94. The van der Waals surface area contributed by atoms with Gasteiger partial charge in [0, 0.05) is 5.56 Å². The summed E-state index contributed by atoms with van der Waals surface area (Å²) in [5.41, 5.74) is 2.66. The predicted octanol–water partition coefficient (Wildman–Crippen LogP) is 4.50. The van der Waals surface area contributed by atoms with Gasteiger partial charge in [-0.1, -0.05) is 56.3 Å². The Morgan fingerprint density at radius 3 is 2.22 bits per heavy atom. The summed E-state index contributed by atoms with van der Waals surface area (Å²) in [6.07, 6.45) is 3.87. The second-order valence-electron chi connectivity index (χ2n) is 5.33. The molecule has 23 heavy (non-hydrogen) atoms. The Morgan fingerprint density at radius 1 is 1.04 bits per heavy atom. The van der Waals surface area contributed by atoms with Crippen LogP contribution in [0.5, 0.6) is 11.5 Å². The van der Waals surface area contributed by atoms with Gasteiger partial charge >= 0.3 is 11.4 Å². The van der Waals surface area contributed by atoms with Crippen molar-refractivity contribution < 1.29 is 17.7 Å². The molecule has 1 N–H and O–H groups in total. The Balaban J connectivity index is 2.44. The molecule has 5 heteroatoms. The van der Waals surface area contributed by atoms with Gasteiger partial charge in [-0.25, -0.2) is 0 Å². The van der Waals surface area contributed by atoms with Crippen molar-refractivity contribution in [3.8, 4) is 11.5 Å². The molecule has 0 saturated carbocycles. The van der Waals surface area contributed by atoms with Gasteiger partial charge in [0.15, 0.2) is 0 Å². The van der Waals surface area contributed by atoms with Gasteiger partial charge in [0.1, 0.15) is 11.5 Å². The highest BCUT2D eigenvalue weighted by molar-refractivity contribution is 7.74. The fraction of sp³-hybridized carbons (Fsp3) is 0.222. The first-order chi connectivity index (χ1) is 11.0. The predicted molar refractivity (Wildman–Crippen MR) is 93.9 cm³/mol. The average Bonchev–Trinajstić information content (AvgIpc) is 2.52. The first-order valence-electron chi connectivity index (χ1n) is 7.25. The molecule has 0 aliphatic carbocycles. The lowest BCUT2D eigenvalue weighted by molar-refractivity contribution is 0.401. The summed E-state index contributed by atoms with van der Waals surface area (Å²) in [5.74, 6) is 1.08. The monoisotopic (exact) mass is 332 g/mol. The van der Waals surface area contributed by atoms with E-state index in [0.29, 0.717) is 11.5 Å².